The minimum Gasteiger partial charge on any atom is -0.480 e. The van der Waals surface area contributed by atoms with Crippen molar-refractivity contribution in [1.29, 1.82) is 0 Å². The van der Waals surface area contributed by atoms with Gasteiger partial charge in [-0.05, 0) is 11.8 Å². The van der Waals surface area contributed by atoms with Gasteiger partial charge in [0.05, 0.1) is 13.2 Å². The summed E-state index contributed by atoms with van der Waals surface area (Å²) >= 11 is 0. The van der Waals surface area contributed by atoms with Gasteiger partial charge < -0.3 is 20.9 Å². The van der Waals surface area contributed by atoms with E-state index in [9.17, 15) is 14.4 Å². The number of aliphatic carboxylic acids is 1. The molecule has 0 heterocycles. The first-order valence-corrected chi connectivity index (χ1v) is 5.95. The Bertz CT molecular complexity index is 349. The number of carbonyl (C=O) groups is 3. The number of hydrogen-bond donors (Lipinski definition) is 3. The van der Waals surface area contributed by atoms with Gasteiger partial charge in [-0.3, -0.25) is 9.59 Å². The molecule has 0 aliphatic heterocycles. The number of carbonyl (C=O) groups excluding carboxylic acids is 2. The van der Waals surface area contributed by atoms with Crippen molar-refractivity contribution < 1.29 is 24.2 Å². The summed E-state index contributed by atoms with van der Waals surface area (Å²) in [6.45, 7) is 5.34. The van der Waals surface area contributed by atoms with Crippen molar-refractivity contribution in [3.8, 4) is 0 Å². The van der Waals surface area contributed by atoms with Crippen LogP contribution in [-0.4, -0.2) is 42.1 Å². The van der Waals surface area contributed by atoms with Crippen molar-refractivity contribution >= 4 is 17.8 Å². The lowest BCUT2D eigenvalue weighted by atomic mass is 9.87. The summed E-state index contributed by atoms with van der Waals surface area (Å²) in [4.78, 5) is 33.8. The van der Waals surface area contributed by atoms with Crippen LogP contribution < -0.4 is 11.1 Å². The zero-order valence-corrected chi connectivity index (χ0v) is 11.7. The summed E-state index contributed by atoms with van der Waals surface area (Å²) in [6.07, 6.45) is -0.122. The van der Waals surface area contributed by atoms with Crippen LogP contribution in [0.5, 0.6) is 0 Å². The van der Waals surface area contributed by atoms with Gasteiger partial charge in [0.2, 0.25) is 5.91 Å². The summed E-state index contributed by atoms with van der Waals surface area (Å²) in [5.74, 6) is -2.29. The molecule has 0 aromatic rings. The second-order valence-electron chi connectivity index (χ2n) is 5.36. The fourth-order valence-corrected chi connectivity index (χ4v) is 1.28. The average molecular weight is 274 g/mol. The maximum Gasteiger partial charge on any atom is 0.326 e. The van der Waals surface area contributed by atoms with Gasteiger partial charge >= 0.3 is 11.9 Å². The molecule has 4 N–H and O–H groups in total. The third kappa shape index (κ3) is 6.19. The average Bonchev–Trinajstić information content (AvgIpc) is 2.30. The number of amides is 1. The zero-order chi connectivity index (χ0) is 15.2. The standard InChI is InChI=1S/C12H22N2O5/c1-12(2,3)9(13)10(16)14-7(11(17)18)5-6-8(15)19-4/h7,9H,5-6,13H2,1-4H3,(H,14,16)(H,17,18)/t7-,9-/m0/s1. The Balaban J connectivity index is 4.55. The minimum atomic E-state index is -1.21. The van der Waals surface area contributed by atoms with Crippen LogP contribution in [0, 0.1) is 5.41 Å². The lowest BCUT2D eigenvalue weighted by Crippen LogP contribution is -2.53. The van der Waals surface area contributed by atoms with E-state index >= 15 is 0 Å². The van der Waals surface area contributed by atoms with Crippen molar-refractivity contribution in [3.63, 3.8) is 0 Å². The molecule has 0 aromatic heterocycles. The molecule has 0 unspecified atom stereocenters. The largest absolute Gasteiger partial charge is 0.480 e. The van der Waals surface area contributed by atoms with Crippen molar-refractivity contribution in [2.24, 2.45) is 11.1 Å². The predicted octanol–water partition coefficient (Wildman–Crippen LogP) is -0.118. The van der Waals surface area contributed by atoms with Crippen LogP contribution in [0.2, 0.25) is 0 Å². The Morgan fingerprint density at radius 2 is 1.84 bits per heavy atom. The number of hydrogen-bond acceptors (Lipinski definition) is 5. The van der Waals surface area contributed by atoms with Crippen molar-refractivity contribution in [3.05, 3.63) is 0 Å². The Morgan fingerprint density at radius 3 is 2.21 bits per heavy atom. The Hall–Kier alpha value is -1.63. The second-order valence-corrected chi connectivity index (χ2v) is 5.36. The first kappa shape index (κ1) is 17.4. The van der Waals surface area contributed by atoms with E-state index in [1.165, 1.54) is 7.11 Å². The van der Waals surface area contributed by atoms with Gasteiger partial charge in [0, 0.05) is 6.42 Å². The van der Waals surface area contributed by atoms with Crippen molar-refractivity contribution in [1.82, 2.24) is 5.32 Å². The van der Waals surface area contributed by atoms with Crippen LogP contribution in [-0.2, 0) is 19.1 Å². The summed E-state index contributed by atoms with van der Waals surface area (Å²) in [6, 6.07) is -1.98. The number of rotatable bonds is 6. The van der Waals surface area contributed by atoms with E-state index in [4.69, 9.17) is 10.8 Å². The monoisotopic (exact) mass is 274 g/mol. The fourth-order valence-electron chi connectivity index (χ4n) is 1.28. The molecule has 7 nitrogen and oxygen atoms in total. The first-order valence-electron chi connectivity index (χ1n) is 5.95. The molecule has 2 atom stereocenters. The van der Waals surface area contributed by atoms with Crippen LogP contribution in [0.1, 0.15) is 33.6 Å². The van der Waals surface area contributed by atoms with Gasteiger partial charge in [-0.25, -0.2) is 4.79 Å². The number of methoxy groups -OCH3 is 1. The summed E-state index contributed by atoms with van der Waals surface area (Å²) in [5.41, 5.74) is 5.25. The number of nitrogens with two attached hydrogens (primary N) is 1. The quantitative estimate of drug-likeness (QED) is 0.581. The Morgan fingerprint density at radius 1 is 1.32 bits per heavy atom. The summed E-state index contributed by atoms with van der Waals surface area (Å²) < 4.78 is 4.42. The van der Waals surface area contributed by atoms with E-state index in [2.05, 4.69) is 10.1 Å². The lowest BCUT2D eigenvalue weighted by molar-refractivity contribution is -0.144. The van der Waals surface area contributed by atoms with E-state index in [0.29, 0.717) is 0 Å². The molecule has 7 heteroatoms. The van der Waals surface area contributed by atoms with Crippen molar-refractivity contribution in [2.45, 2.75) is 45.7 Å². The van der Waals surface area contributed by atoms with Gasteiger partial charge in [-0.1, -0.05) is 20.8 Å². The smallest absolute Gasteiger partial charge is 0.326 e. The lowest BCUT2D eigenvalue weighted by Gasteiger charge is -2.27. The number of esters is 1. The van der Waals surface area contributed by atoms with Gasteiger partial charge in [0.15, 0.2) is 0 Å². The van der Waals surface area contributed by atoms with E-state index < -0.39 is 35.3 Å². The molecule has 0 saturated carbocycles. The second kappa shape index (κ2) is 7.08. The molecule has 110 valence electrons. The van der Waals surface area contributed by atoms with Gasteiger partial charge in [-0.2, -0.15) is 0 Å². The number of ether oxygens (including phenoxy) is 1. The minimum absolute atomic E-state index is 0.0371. The van der Waals surface area contributed by atoms with Crippen LogP contribution in [0.15, 0.2) is 0 Å². The molecule has 0 fully saturated rings. The molecule has 0 aliphatic rings. The molecule has 0 radical (unpaired) electrons. The van der Waals surface area contributed by atoms with E-state index in [1.807, 2.05) is 0 Å². The zero-order valence-electron chi connectivity index (χ0n) is 11.7. The SMILES string of the molecule is COC(=O)CC[C@H](NC(=O)[C@H](N)C(C)(C)C)C(=O)O. The topological polar surface area (TPSA) is 119 Å². The molecule has 0 bridgehead atoms. The maximum atomic E-state index is 11.8. The molecular weight excluding hydrogens is 252 g/mol. The molecule has 1 amide bonds. The normalized spacial score (nSPS) is 14.4. The highest BCUT2D eigenvalue weighted by Crippen LogP contribution is 2.17. The molecule has 0 spiro atoms. The molecule has 0 saturated heterocycles. The Labute approximate surface area is 112 Å². The van der Waals surface area contributed by atoms with Gasteiger partial charge in [0.25, 0.3) is 0 Å². The number of nitrogens with one attached hydrogen (secondary N) is 1. The highest BCUT2D eigenvalue weighted by atomic mass is 16.5. The molecule has 0 rings (SSSR count). The van der Waals surface area contributed by atoms with E-state index in [-0.39, 0.29) is 12.8 Å². The number of carboxylic acids is 1. The fraction of sp³-hybridized carbons (Fsp3) is 0.750. The van der Waals surface area contributed by atoms with Crippen molar-refractivity contribution in [2.75, 3.05) is 7.11 Å². The third-order valence-corrected chi connectivity index (χ3v) is 2.69. The van der Waals surface area contributed by atoms with Gasteiger partial charge in [0.1, 0.15) is 6.04 Å². The van der Waals surface area contributed by atoms with Crippen LogP contribution >= 0.6 is 0 Å². The van der Waals surface area contributed by atoms with Gasteiger partial charge in [-0.15, -0.1) is 0 Å². The Kier molecular flexibility index (Phi) is 6.47. The molecule has 0 aromatic carbocycles. The van der Waals surface area contributed by atoms with Crippen LogP contribution in [0.4, 0.5) is 0 Å². The maximum absolute atomic E-state index is 11.8. The number of carboxylic acid groups (broad SMARTS) is 1. The predicted molar refractivity (Wildman–Crippen MR) is 68.2 cm³/mol. The third-order valence-electron chi connectivity index (χ3n) is 2.69. The summed E-state index contributed by atoms with van der Waals surface area (Å²) in [5, 5.41) is 11.3. The first-order chi connectivity index (χ1) is 8.59. The molecular formula is C12H22N2O5. The van der Waals surface area contributed by atoms with Crippen LogP contribution in [0.25, 0.3) is 0 Å². The van der Waals surface area contributed by atoms with Crippen LogP contribution in [0.3, 0.4) is 0 Å². The van der Waals surface area contributed by atoms with E-state index in [1.54, 1.807) is 20.8 Å². The van der Waals surface area contributed by atoms with E-state index in [0.717, 1.165) is 0 Å². The highest BCUT2D eigenvalue weighted by molar-refractivity contribution is 5.87. The molecule has 0 aliphatic carbocycles. The summed E-state index contributed by atoms with van der Waals surface area (Å²) in [7, 11) is 1.21. The highest BCUT2D eigenvalue weighted by Gasteiger charge is 2.30. The molecule has 19 heavy (non-hydrogen) atoms.